The zero-order valence-electron chi connectivity index (χ0n) is 11.3. The first kappa shape index (κ1) is 13.7. The molecule has 2 N–H and O–H groups in total. The molecule has 0 unspecified atom stereocenters. The van der Waals surface area contributed by atoms with E-state index in [2.05, 4.69) is 15.5 Å². The largest absolute Gasteiger partial charge is 0.395 e. The molecule has 0 fully saturated rings. The molecule has 7 heteroatoms. The number of aliphatic hydroxyl groups excluding tert-OH is 1. The van der Waals surface area contributed by atoms with Crippen LogP contribution in [-0.2, 0) is 0 Å². The van der Waals surface area contributed by atoms with Crippen molar-refractivity contribution in [2.24, 2.45) is 0 Å². The van der Waals surface area contributed by atoms with Crippen molar-refractivity contribution in [2.75, 3.05) is 13.2 Å². The summed E-state index contributed by atoms with van der Waals surface area (Å²) < 4.78 is 5.27. The molecule has 3 aromatic rings. The van der Waals surface area contributed by atoms with Crippen LogP contribution in [0.25, 0.3) is 22.4 Å². The van der Waals surface area contributed by atoms with Crippen LogP contribution in [0, 0.1) is 6.92 Å². The molecule has 0 aliphatic carbocycles. The molecule has 0 radical (unpaired) electrons. The molecule has 0 aliphatic rings. The molecule has 0 bridgehead atoms. The summed E-state index contributed by atoms with van der Waals surface area (Å²) in [4.78, 5) is 16.3. The number of amides is 1. The number of aliphatic hydroxyl groups is 1. The van der Waals surface area contributed by atoms with Gasteiger partial charge in [0.25, 0.3) is 5.91 Å². The molecule has 2 heterocycles. The molecule has 6 nitrogen and oxygen atoms in total. The molecule has 0 saturated heterocycles. The molecular weight excluding hydrogens is 290 g/mol. The highest BCUT2D eigenvalue weighted by atomic mass is 32.1. The zero-order valence-corrected chi connectivity index (χ0v) is 12.1. The maximum absolute atomic E-state index is 11.9. The Morgan fingerprint density at radius 2 is 2.33 bits per heavy atom. The van der Waals surface area contributed by atoms with Crippen LogP contribution >= 0.6 is 11.3 Å². The standard InChI is InChI=1S/C14H13N3O3S/c1-8-16-11(7-21-8)13-10-6-9(14(19)15-4-5-18)2-3-12(10)20-17-13/h2-3,6-7,18H,4-5H2,1H3,(H,15,19). The maximum Gasteiger partial charge on any atom is 0.251 e. The van der Waals surface area contributed by atoms with Crippen LogP contribution < -0.4 is 5.32 Å². The first-order valence-corrected chi connectivity index (χ1v) is 7.28. The molecule has 21 heavy (non-hydrogen) atoms. The summed E-state index contributed by atoms with van der Waals surface area (Å²) in [7, 11) is 0. The van der Waals surface area contributed by atoms with Crippen LogP contribution in [0.5, 0.6) is 0 Å². The van der Waals surface area contributed by atoms with Crippen LogP contribution in [-0.4, -0.2) is 34.3 Å². The van der Waals surface area contributed by atoms with Crippen LogP contribution in [0.4, 0.5) is 0 Å². The second-order valence-electron chi connectivity index (χ2n) is 4.47. The summed E-state index contributed by atoms with van der Waals surface area (Å²) in [5.41, 5.74) is 2.47. The predicted octanol–water partition coefficient (Wildman–Crippen LogP) is 1.98. The van der Waals surface area contributed by atoms with Gasteiger partial charge in [0.15, 0.2) is 5.58 Å². The van der Waals surface area contributed by atoms with Crippen molar-refractivity contribution >= 4 is 28.2 Å². The van der Waals surface area contributed by atoms with Gasteiger partial charge < -0.3 is 14.9 Å². The number of carbonyl (C=O) groups is 1. The number of carbonyl (C=O) groups excluding carboxylic acids is 1. The monoisotopic (exact) mass is 303 g/mol. The van der Waals surface area contributed by atoms with Gasteiger partial charge in [-0.2, -0.15) is 0 Å². The number of aromatic nitrogens is 2. The minimum absolute atomic E-state index is 0.0927. The number of rotatable bonds is 4. The molecule has 108 valence electrons. The maximum atomic E-state index is 11.9. The highest BCUT2D eigenvalue weighted by Crippen LogP contribution is 2.29. The topological polar surface area (TPSA) is 88.2 Å². The Bertz CT molecular complexity index is 794. The Morgan fingerprint density at radius 3 is 3.05 bits per heavy atom. The summed E-state index contributed by atoms with van der Waals surface area (Å²) in [6.07, 6.45) is 0. The summed E-state index contributed by atoms with van der Waals surface area (Å²) >= 11 is 1.53. The highest BCUT2D eigenvalue weighted by molar-refractivity contribution is 7.09. The van der Waals surface area contributed by atoms with Crippen LogP contribution in [0.2, 0.25) is 0 Å². The summed E-state index contributed by atoms with van der Waals surface area (Å²) in [5, 5.41) is 19.0. The second kappa shape index (κ2) is 5.63. The van der Waals surface area contributed by atoms with E-state index in [-0.39, 0.29) is 19.1 Å². The first-order chi connectivity index (χ1) is 10.2. The van der Waals surface area contributed by atoms with E-state index in [0.717, 1.165) is 16.1 Å². The normalized spacial score (nSPS) is 11.0. The van der Waals surface area contributed by atoms with Gasteiger partial charge in [-0.05, 0) is 25.1 Å². The van der Waals surface area contributed by atoms with Gasteiger partial charge in [-0.15, -0.1) is 11.3 Å². The Morgan fingerprint density at radius 1 is 1.48 bits per heavy atom. The number of nitrogens with zero attached hydrogens (tertiary/aromatic N) is 2. The van der Waals surface area contributed by atoms with Crippen molar-refractivity contribution in [1.82, 2.24) is 15.5 Å². The highest BCUT2D eigenvalue weighted by Gasteiger charge is 2.15. The van der Waals surface area contributed by atoms with E-state index in [1.54, 1.807) is 18.2 Å². The van der Waals surface area contributed by atoms with Gasteiger partial charge in [0.1, 0.15) is 11.4 Å². The third-order valence-corrected chi connectivity index (χ3v) is 3.76. The molecule has 1 amide bonds. The molecule has 2 aromatic heterocycles. The van der Waals surface area contributed by atoms with Gasteiger partial charge in [0, 0.05) is 17.5 Å². The van der Waals surface area contributed by atoms with Gasteiger partial charge in [-0.1, -0.05) is 5.16 Å². The Kier molecular flexibility index (Phi) is 3.68. The average molecular weight is 303 g/mol. The smallest absolute Gasteiger partial charge is 0.251 e. The number of hydrogen-bond donors (Lipinski definition) is 2. The fourth-order valence-corrected chi connectivity index (χ4v) is 2.61. The average Bonchev–Trinajstić information content (AvgIpc) is 3.09. The molecule has 0 spiro atoms. The van der Waals surface area contributed by atoms with E-state index in [9.17, 15) is 4.79 Å². The Hall–Kier alpha value is -2.25. The third-order valence-electron chi connectivity index (χ3n) is 2.99. The van der Waals surface area contributed by atoms with Gasteiger partial charge in [0.05, 0.1) is 17.0 Å². The van der Waals surface area contributed by atoms with Crippen molar-refractivity contribution in [3.05, 3.63) is 34.2 Å². The SMILES string of the molecule is Cc1nc(-c2noc3ccc(C(=O)NCCO)cc23)cs1. The molecule has 1 aromatic carbocycles. The lowest BCUT2D eigenvalue weighted by Gasteiger charge is -2.02. The molecule has 0 aliphatic heterocycles. The third kappa shape index (κ3) is 2.65. The minimum Gasteiger partial charge on any atom is -0.395 e. The lowest BCUT2D eigenvalue weighted by molar-refractivity contribution is 0.0945. The number of nitrogens with one attached hydrogen (secondary N) is 1. The molecular formula is C14H13N3O3S. The second-order valence-corrected chi connectivity index (χ2v) is 5.54. The van der Waals surface area contributed by atoms with E-state index in [1.165, 1.54) is 11.3 Å². The van der Waals surface area contributed by atoms with Crippen molar-refractivity contribution in [3.8, 4) is 11.4 Å². The van der Waals surface area contributed by atoms with Gasteiger partial charge >= 0.3 is 0 Å². The lowest BCUT2D eigenvalue weighted by atomic mass is 10.1. The Balaban J connectivity index is 2.02. The predicted molar refractivity (Wildman–Crippen MR) is 79.3 cm³/mol. The van der Waals surface area contributed by atoms with E-state index >= 15 is 0 Å². The summed E-state index contributed by atoms with van der Waals surface area (Å²) in [6, 6.07) is 5.10. The number of fused-ring (bicyclic) bond motifs is 1. The number of aryl methyl sites for hydroxylation is 1. The fourth-order valence-electron chi connectivity index (χ4n) is 2.01. The molecule has 0 saturated carbocycles. The number of hydrogen-bond acceptors (Lipinski definition) is 6. The fraction of sp³-hybridized carbons (Fsp3) is 0.214. The summed E-state index contributed by atoms with van der Waals surface area (Å²) in [6.45, 7) is 2.05. The van der Waals surface area contributed by atoms with Crippen molar-refractivity contribution in [1.29, 1.82) is 0 Å². The van der Waals surface area contributed by atoms with Crippen molar-refractivity contribution in [2.45, 2.75) is 6.92 Å². The van der Waals surface area contributed by atoms with Crippen LogP contribution in [0.1, 0.15) is 15.4 Å². The van der Waals surface area contributed by atoms with E-state index in [4.69, 9.17) is 9.63 Å². The van der Waals surface area contributed by atoms with Crippen molar-refractivity contribution < 1.29 is 14.4 Å². The summed E-state index contributed by atoms with van der Waals surface area (Å²) in [5.74, 6) is -0.243. The quantitative estimate of drug-likeness (QED) is 0.769. The zero-order chi connectivity index (χ0) is 14.8. The van der Waals surface area contributed by atoms with Crippen molar-refractivity contribution in [3.63, 3.8) is 0 Å². The first-order valence-electron chi connectivity index (χ1n) is 6.40. The number of benzene rings is 1. The van der Waals surface area contributed by atoms with Gasteiger partial charge in [-0.3, -0.25) is 4.79 Å². The van der Waals surface area contributed by atoms with Gasteiger partial charge in [0.2, 0.25) is 0 Å². The van der Waals surface area contributed by atoms with Gasteiger partial charge in [-0.25, -0.2) is 4.98 Å². The van der Waals surface area contributed by atoms with E-state index < -0.39 is 0 Å². The molecule has 3 rings (SSSR count). The van der Waals surface area contributed by atoms with Crippen LogP contribution in [0.3, 0.4) is 0 Å². The molecule has 0 atom stereocenters. The van der Waals surface area contributed by atoms with Crippen LogP contribution in [0.15, 0.2) is 28.1 Å². The lowest BCUT2D eigenvalue weighted by Crippen LogP contribution is -2.26. The Labute approximate surface area is 124 Å². The van der Waals surface area contributed by atoms with E-state index in [0.29, 0.717) is 16.8 Å². The minimum atomic E-state index is -0.243. The number of thiazole rings is 1. The van der Waals surface area contributed by atoms with E-state index in [1.807, 2.05) is 12.3 Å².